The third-order valence-corrected chi connectivity index (χ3v) is 3.28. The highest BCUT2D eigenvalue weighted by Crippen LogP contribution is 2.41. The van der Waals surface area contributed by atoms with Crippen molar-refractivity contribution in [3.8, 4) is 0 Å². The summed E-state index contributed by atoms with van der Waals surface area (Å²) in [5.74, 6) is -4.01. The van der Waals surface area contributed by atoms with E-state index in [0.717, 1.165) is 18.9 Å². The predicted molar refractivity (Wildman–Crippen MR) is 62.7 cm³/mol. The van der Waals surface area contributed by atoms with Crippen LogP contribution >= 0.6 is 0 Å². The van der Waals surface area contributed by atoms with Crippen LogP contribution in [-0.2, 0) is 11.2 Å². The van der Waals surface area contributed by atoms with Crippen molar-refractivity contribution in [1.82, 2.24) is 0 Å². The number of benzene rings is 1. The SMILES string of the molecule is O=C(O)OC1=CN(C2CC2)c2c(cc(F)c(F)c2F)C1. The molecule has 1 aromatic carbocycles. The minimum absolute atomic E-state index is 0.0378. The zero-order valence-electron chi connectivity index (χ0n) is 10.2. The molecule has 0 radical (unpaired) electrons. The maximum absolute atomic E-state index is 13.9. The molecule has 1 N–H and O–H groups in total. The lowest BCUT2D eigenvalue weighted by molar-refractivity contribution is 0.116. The van der Waals surface area contributed by atoms with Gasteiger partial charge in [-0.1, -0.05) is 0 Å². The second-order valence-corrected chi connectivity index (χ2v) is 4.77. The summed E-state index contributed by atoms with van der Waals surface area (Å²) < 4.78 is 45.1. The van der Waals surface area contributed by atoms with E-state index in [0.29, 0.717) is 0 Å². The Morgan fingerprint density at radius 2 is 2.00 bits per heavy atom. The van der Waals surface area contributed by atoms with Crippen LogP contribution in [-0.4, -0.2) is 17.3 Å². The number of carbonyl (C=O) groups is 1. The second kappa shape index (κ2) is 4.43. The molecule has 1 saturated carbocycles. The molecule has 3 rings (SSSR count). The second-order valence-electron chi connectivity index (χ2n) is 4.77. The number of hydrogen-bond donors (Lipinski definition) is 1. The van der Waals surface area contributed by atoms with Crippen molar-refractivity contribution in [3.05, 3.63) is 41.0 Å². The molecule has 106 valence electrons. The molecule has 0 aromatic heterocycles. The summed E-state index contributed by atoms with van der Waals surface area (Å²) in [6.07, 6.45) is 1.29. The van der Waals surface area contributed by atoms with Crippen LogP contribution in [0.1, 0.15) is 18.4 Å². The van der Waals surface area contributed by atoms with Crippen LogP contribution in [0.15, 0.2) is 18.0 Å². The van der Waals surface area contributed by atoms with Crippen LogP contribution in [0.4, 0.5) is 23.7 Å². The smallest absolute Gasteiger partial charge is 0.449 e. The van der Waals surface area contributed by atoms with Crippen molar-refractivity contribution in [2.24, 2.45) is 0 Å². The number of halogens is 3. The van der Waals surface area contributed by atoms with Gasteiger partial charge < -0.3 is 14.7 Å². The van der Waals surface area contributed by atoms with Crippen molar-refractivity contribution >= 4 is 11.8 Å². The summed E-state index contributed by atoms with van der Waals surface area (Å²) in [6.45, 7) is 0. The molecule has 0 amide bonds. The fourth-order valence-corrected chi connectivity index (χ4v) is 2.32. The third-order valence-electron chi connectivity index (χ3n) is 3.28. The Balaban J connectivity index is 2.07. The third kappa shape index (κ3) is 2.09. The lowest BCUT2D eigenvalue weighted by Crippen LogP contribution is -2.27. The highest BCUT2D eigenvalue weighted by Gasteiger charge is 2.36. The van der Waals surface area contributed by atoms with Crippen molar-refractivity contribution in [2.45, 2.75) is 25.3 Å². The zero-order chi connectivity index (χ0) is 14.4. The minimum atomic E-state index is -1.52. The molecule has 0 bridgehead atoms. The molecule has 1 heterocycles. The standard InChI is InChI=1S/C13H10F3NO3/c14-9-4-6-3-8(20-13(18)19)5-17(7-1-2-7)12(6)11(16)10(9)15/h4-5,7H,1-3H2,(H,18,19). The van der Waals surface area contributed by atoms with E-state index < -0.39 is 23.6 Å². The van der Waals surface area contributed by atoms with Crippen molar-refractivity contribution in [2.75, 3.05) is 4.90 Å². The van der Waals surface area contributed by atoms with Crippen LogP contribution in [0.5, 0.6) is 0 Å². The lowest BCUT2D eigenvalue weighted by Gasteiger charge is -2.29. The summed E-state index contributed by atoms with van der Waals surface area (Å²) in [7, 11) is 0. The molecule has 1 aliphatic carbocycles. The Kier molecular flexibility index (Phi) is 2.84. The van der Waals surface area contributed by atoms with E-state index in [9.17, 15) is 18.0 Å². The predicted octanol–water partition coefficient (Wildman–Crippen LogP) is 3.16. The van der Waals surface area contributed by atoms with E-state index >= 15 is 0 Å². The summed E-state index contributed by atoms with van der Waals surface area (Å²) in [4.78, 5) is 12.0. The Hall–Kier alpha value is -2.18. The molecule has 2 aliphatic rings. The minimum Gasteiger partial charge on any atom is -0.449 e. The summed E-state index contributed by atoms with van der Waals surface area (Å²) in [5.41, 5.74) is 0.135. The van der Waals surface area contributed by atoms with Crippen LogP contribution in [0, 0.1) is 17.5 Å². The number of allylic oxidation sites excluding steroid dienone is 1. The van der Waals surface area contributed by atoms with E-state index in [1.807, 2.05) is 0 Å². The molecule has 4 nitrogen and oxygen atoms in total. The number of rotatable bonds is 2. The number of fused-ring (bicyclic) bond motifs is 1. The summed E-state index contributed by atoms with van der Waals surface area (Å²) in [5, 5.41) is 8.62. The Labute approximate surface area is 112 Å². The molecule has 20 heavy (non-hydrogen) atoms. The molecule has 7 heteroatoms. The summed E-state index contributed by atoms with van der Waals surface area (Å²) in [6, 6.07) is 0.835. The van der Waals surface area contributed by atoms with E-state index in [4.69, 9.17) is 5.11 Å². The fraction of sp³-hybridized carbons (Fsp3) is 0.308. The van der Waals surface area contributed by atoms with Gasteiger partial charge in [0.1, 0.15) is 5.76 Å². The van der Waals surface area contributed by atoms with Gasteiger partial charge in [-0.25, -0.2) is 18.0 Å². The van der Waals surface area contributed by atoms with Crippen molar-refractivity contribution in [1.29, 1.82) is 0 Å². The zero-order valence-corrected chi connectivity index (χ0v) is 10.2. The molecule has 0 unspecified atom stereocenters. The lowest BCUT2D eigenvalue weighted by atomic mass is 10.0. The van der Waals surface area contributed by atoms with E-state index in [-0.39, 0.29) is 29.5 Å². The first-order valence-corrected chi connectivity index (χ1v) is 6.03. The van der Waals surface area contributed by atoms with Crippen LogP contribution in [0.2, 0.25) is 0 Å². The number of ether oxygens (including phenoxy) is 1. The van der Waals surface area contributed by atoms with Gasteiger partial charge in [-0.3, -0.25) is 0 Å². The average molecular weight is 285 g/mol. The maximum atomic E-state index is 13.9. The molecule has 0 spiro atoms. The first-order valence-electron chi connectivity index (χ1n) is 6.03. The molecule has 0 saturated heterocycles. The largest absolute Gasteiger partial charge is 0.511 e. The van der Waals surface area contributed by atoms with Gasteiger partial charge in [0.15, 0.2) is 17.5 Å². The van der Waals surface area contributed by atoms with E-state index in [1.54, 1.807) is 0 Å². The van der Waals surface area contributed by atoms with Gasteiger partial charge in [-0.05, 0) is 24.5 Å². The molecule has 0 atom stereocenters. The van der Waals surface area contributed by atoms with Gasteiger partial charge in [0.25, 0.3) is 0 Å². The normalized spacial score (nSPS) is 17.6. The van der Waals surface area contributed by atoms with Crippen molar-refractivity contribution < 1.29 is 27.8 Å². The number of hydrogen-bond acceptors (Lipinski definition) is 3. The fourth-order valence-electron chi connectivity index (χ4n) is 2.32. The average Bonchev–Trinajstić information content (AvgIpc) is 3.18. The topological polar surface area (TPSA) is 49.8 Å². The number of nitrogens with zero attached hydrogens (tertiary/aromatic N) is 1. The Bertz CT molecular complexity index is 626. The quantitative estimate of drug-likeness (QED) is 0.670. The van der Waals surface area contributed by atoms with Crippen LogP contribution < -0.4 is 4.90 Å². The number of anilines is 1. The number of carboxylic acid groups (broad SMARTS) is 1. The van der Waals surface area contributed by atoms with Gasteiger partial charge in [0.05, 0.1) is 5.69 Å². The highest BCUT2D eigenvalue weighted by molar-refractivity contribution is 5.65. The Morgan fingerprint density at radius 3 is 2.60 bits per heavy atom. The van der Waals surface area contributed by atoms with Gasteiger partial charge >= 0.3 is 6.16 Å². The van der Waals surface area contributed by atoms with Gasteiger partial charge in [-0.2, -0.15) is 0 Å². The van der Waals surface area contributed by atoms with Crippen molar-refractivity contribution in [3.63, 3.8) is 0 Å². The molecule has 1 aromatic rings. The van der Waals surface area contributed by atoms with Gasteiger partial charge in [0.2, 0.25) is 0 Å². The first-order chi connectivity index (χ1) is 9.47. The van der Waals surface area contributed by atoms with E-state index in [1.165, 1.54) is 11.1 Å². The van der Waals surface area contributed by atoms with E-state index in [2.05, 4.69) is 4.74 Å². The van der Waals surface area contributed by atoms with Crippen LogP contribution in [0.25, 0.3) is 0 Å². The molecule has 1 fully saturated rings. The monoisotopic (exact) mass is 285 g/mol. The molecular formula is C13H10F3NO3. The Morgan fingerprint density at radius 1 is 1.30 bits per heavy atom. The first kappa shape index (κ1) is 12.8. The molecule has 1 aliphatic heterocycles. The maximum Gasteiger partial charge on any atom is 0.511 e. The molecular weight excluding hydrogens is 275 g/mol. The highest BCUT2D eigenvalue weighted by atomic mass is 19.2. The van der Waals surface area contributed by atoms with Crippen LogP contribution in [0.3, 0.4) is 0 Å². The van der Waals surface area contributed by atoms with Gasteiger partial charge in [-0.15, -0.1) is 0 Å². The van der Waals surface area contributed by atoms with Gasteiger partial charge in [0, 0.05) is 18.7 Å². The summed E-state index contributed by atoms with van der Waals surface area (Å²) >= 11 is 0.